The smallest absolute Gasteiger partial charge is 0.237 e. The Labute approximate surface area is 131 Å². The second kappa shape index (κ2) is 9.42. The number of rotatable bonds is 8. The van der Waals surface area contributed by atoms with E-state index in [1.54, 1.807) is 0 Å². The molecule has 4 heteroatoms. The van der Waals surface area contributed by atoms with Crippen molar-refractivity contribution in [2.24, 2.45) is 0 Å². The number of amides is 1. The van der Waals surface area contributed by atoms with Crippen LogP contribution in [-0.4, -0.2) is 48.1 Å². The fourth-order valence-electron chi connectivity index (χ4n) is 3.47. The Kier molecular flexibility index (Phi) is 8.27. The molecule has 0 aromatic carbocycles. The van der Waals surface area contributed by atoms with Crippen LogP contribution in [0, 0.1) is 0 Å². The van der Waals surface area contributed by atoms with Crippen LogP contribution in [0.2, 0.25) is 0 Å². The molecule has 0 radical (unpaired) electrons. The molecule has 0 aliphatic carbocycles. The van der Waals surface area contributed by atoms with Crippen LogP contribution in [-0.2, 0) is 4.79 Å². The molecule has 2 N–H and O–H groups in total. The normalized spacial score (nSPS) is 24.3. The first kappa shape index (κ1) is 18.4. The standard InChI is InChI=1S/C17H35N3O/c1-6-10-13(3)19-17(21)15(5)20-12-9-8-11-16(20)14(4)18-7-2/h13-16,18H,6-12H2,1-5H3,(H,19,21). The Morgan fingerprint density at radius 3 is 2.57 bits per heavy atom. The molecule has 0 saturated carbocycles. The van der Waals surface area contributed by atoms with Crippen LogP contribution in [0.1, 0.15) is 66.7 Å². The van der Waals surface area contributed by atoms with Gasteiger partial charge in [0.1, 0.15) is 0 Å². The number of piperidine rings is 1. The largest absolute Gasteiger partial charge is 0.352 e. The molecule has 0 aromatic heterocycles. The molecule has 0 aromatic rings. The number of carbonyl (C=O) groups is 1. The Morgan fingerprint density at radius 1 is 1.24 bits per heavy atom. The first-order valence-corrected chi connectivity index (χ1v) is 8.80. The highest BCUT2D eigenvalue weighted by molar-refractivity contribution is 5.81. The Bertz CT molecular complexity index is 308. The molecule has 1 aliphatic heterocycles. The lowest BCUT2D eigenvalue weighted by atomic mass is 9.94. The van der Waals surface area contributed by atoms with E-state index in [4.69, 9.17) is 0 Å². The van der Waals surface area contributed by atoms with Gasteiger partial charge in [0, 0.05) is 18.1 Å². The quantitative estimate of drug-likeness (QED) is 0.723. The minimum absolute atomic E-state index is 0.0317. The maximum atomic E-state index is 12.5. The van der Waals surface area contributed by atoms with Crippen molar-refractivity contribution in [1.29, 1.82) is 0 Å². The van der Waals surface area contributed by atoms with Crippen molar-refractivity contribution < 1.29 is 4.79 Å². The summed E-state index contributed by atoms with van der Waals surface area (Å²) in [5.41, 5.74) is 0. The molecule has 1 rings (SSSR count). The highest BCUT2D eigenvalue weighted by atomic mass is 16.2. The van der Waals surface area contributed by atoms with Crippen LogP contribution in [0.25, 0.3) is 0 Å². The zero-order chi connectivity index (χ0) is 15.8. The molecule has 1 heterocycles. The van der Waals surface area contributed by atoms with Crippen LogP contribution < -0.4 is 10.6 Å². The molecule has 0 bridgehead atoms. The van der Waals surface area contributed by atoms with E-state index >= 15 is 0 Å². The maximum absolute atomic E-state index is 12.5. The van der Waals surface area contributed by atoms with E-state index in [0.717, 1.165) is 25.9 Å². The van der Waals surface area contributed by atoms with Gasteiger partial charge in [-0.2, -0.15) is 0 Å². The molecular weight excluding hydrogens is 262 g/mol. The minimum Gasteiger partial charge on any atom is -0.352 e. The average Bonchev–Trinajstić information content (AvgIpc) is 2.46. The van der Waals surface area contributed by atoms with E-state index < -0.39 is 0 Å². The number of hydrogen-bond donors (Lipinski definition) is 2. The fraction of sp³-hybridized carbons (Fsp3) is 0.941. The molecule has 1 amide bonds. The molecule has 124 valence electrons. The fourth-order valence-corrected chi connectivity index (χ4v) is 3.47. The molecule has 4 nitrogen and oxygen atoms in total. The summed E-state index contributed by atoms with van der Waals surface area (Å²) in [5, 5.41) is 6.70. The van der Waals surface area contributed by atoms with E-state index in [1.807, 2.05) is 0 Å². The van der Waals surface area contributed by atoms with E-state index in [0.29, 0.717) is 12.1 Å². The molecule has 4 unspecified atom stereocenters. The summed E-state index contributed by atoms with van der Waals surface area (Å²) in [6.45, 7) is 12.7. The average molecular weight is 297 g/mol. The maximum Gasteiger partial charge on any atom is 0.237 e. The third-order valence-electron chi connectivity index (χ3n) is 4.68. The van der Waals surface area contributed by atoms with Crippen molar-refractivity contribution in [1.82, 2.24) is 15.5 Å². The lowest BCUT2D eigenvalue weighted by Crippen LogP contribution is -2.58. The first-order chi connectivity index (χ1) is 10.0. The number of nitrogens with zero attached hydrogens (tertiary/aromatic N) is 1. The highest BCUT2D eigenvalue weighted by Crippen LogP contribution is 2.22. The second-order valence-corrected chi connectivity index (χ2v) is 6.52. The Hall–Kier alpha value is -0.610. The number of nitrogens with one attached hydrogen (secondary N) is 2. The van der Waals surface area contributed by atoms with Crippen molar-refractivity contribution in [3.8, 4) is 0 Å². The number of carbonyl (C=O) groups excluding carboxylic acids is 1. The number of hydrogen-bond acceptors (Lipinski definition) is 3. The highest BCUT2D eigenvalue weighted by Gasteiger charge is 2.33. The first-order valence-electron chi connectivity index (χ1n) is 8.80. The predicted molar refractivity (Wildman–Crippen MR) is 89.5 cm³/mol. The lowest BCUT2D eigenvalue weighted by molar-refractivity contribution is -0.128. The van der Waals surface area contributed by atoms with Gasteiger partial charge in [-0.15, -0.1) is 0 Å². The van der Waals surface area contributed by atoms with E-state index in [9.17, 15) is 4.79 Å². The zero-order valence-electron chi connectivity index (χ0n) is 14.6. The third-order valence-corrected chi connectivity index (χ3v) is 4.68. The zero-order valence-corrected chi connectivity index (χ0v) is 14.6. The summed E-state index contributed by atoms with van der Waals surface area (Å²) in [6.07, 6.45) is 5.83. The SMILES string of the molecule is CCCC(C)NC(=O)C(C)N1CCCCC1C(C)NCC. The molecule has 21 heavy (non-hydrogen) atoms. The third kappa shape index (κ3) is 5.59. The summed E-state index contributed by atoms with van der Waals surface area (Å²) in [6, 6.07) is 1.16. The van der Waals surface area contributed by atoms with Gasteiger partial charge in [0.25, 0.3) is 0 Å². The van der Waals surface area contributed by atoms with Crippen LogP contribution in [0.4, 0.5) is 0 Å². The molecule has 4 atom stereocenters. The summed E-state index contributed by atoms with van der Waals surface area (Å²) in [7, 11) is 0. The topological polar surface area (TPSA) is 44.4 Å². The van der Waals surface area contributed by atoms with Crippen LogP contribution >= 0.6 is 0 Å². The van der Waals surface area contributed by atoms with Crippen LogP contribution in [0.3, 0.4) is 0 Å². The molecule has 1 aliphatic rings. The van der Waals surface area contributed by atoms with Gasteiger partial charge in [0.15, 0.2) is 0 Å². The van der Waals surface area contributed by atoms with Gasteiger partial charge >= 0.3 is 0 Å². The lowest BCUT2D eigenvalue weighted by Gasteiger charge is -2.42. The second-order valence-electron chi connectivity index (χ2n) is 6.52. The summed E-state index contributed by atoms with van der Waals surface area (Å²) in [5.74, 6) is 0.187. The van der Waals surface area contributed by atoms with Gasteiger partial charge in [-0.05, 0) is 53.1 Å². The minimum atomic E-state index is -0.0317. The Morgan fingerprint density at radius 2 is 1.95 bits per heavy atom. The molecule has 1 saturated heterocycles. The number of likely N-dealkylation sites (tertiary alicyclic amines) is 1. The van der Waals surface area contributed by atoms with E-state index in [2.05, 4.69) is 50.2 Å². The van der Waals surface area contributed by atoms with Crippen molar-refractivity contribution in [3.63, 3.8) is 0 Å². The number of likely N-dealkylation sites (N-methyl/N-ethyl adjacent to an activating group) is 1. The van der Waals surface area contributed by atoms with Gasteiger partial charge in [0.2, 0.25) is 5.91 Å². The molecule has 1 fully saturated rings. The van der Waals surface area contributed by atoms with Crippen molar-refractivity contribution >= 4 is 5.91 Å². The van der Waals surface area contributed by atoms with Gasteiger partial charge < -0.3 is 10.6 Å². The van der Waals surface area contributed by atoms with Gasteiger partial charge in [-0.25, -0.2) is 0 Å². The van der Waals surface area contributed by atoms with E-state index in [-0.39, 0.29) is 18.0 Å². The predicted octanol–water partition coefficient (Wildman–Crippen LogP) is 2.53. The monoisotopic (exact) mass is 297 g/mol. The van der Waals surface area contributed by atoms with Gasteiger partial charge in [-0.1, -0.05) is 26.7 Å². The summed E-state index contributed by atoms with van der Waals surface area (Å²) >= 11 is 0. The summed E-state index contributed by atoms with van der Waals surface area (Å²) in [4.78, 5) is 14.9. The van der Waals surface area contributed by atoms with E-state index in [1.165, 1.54) is 19.3 Å². The molecule has 0 spiro atoms. The van der Waals surface area contributed by atoms with Crippen molar-refractivity contribution in [2.45, 2.75) is 90.9 Å². The Balaban J connectivity index is 2.63. The molecular formula is C17H35N3O. The summed E-state index contributed by atoms with van der Waals surface area (Å²) < 4.78 is 0. The van der Waals surface area contributed by atoms with Gasteiger partial charge in [-0.3, -0.25) is 9.69 Å². The van der Waals surface area contributed by atoms with Gasteiger partial charge in [0.05, 0.1) is 6.04 Å². The van der Waals surface area contributed by atoms with Crippen LogP contribution in [0.15, 0.2) is 0 Å². The van der Waals surface area contributed by atoms with Crippen molar-refractivity contribution in [3.05, 3.63) is 0 Å². The van der Waals surface area contributed by atoms with Crippen molar-refractivity contribution in [2.75, 3.05) is 13.1 Å². The van der Waals surface area contributed by atoms with Crippen LogP contribution in [0.5, 0.6) is 0 Å².